The molecule has 0 unspecified atom stereocenters. The Morgan fingerprint density at radius 1 is 1.64 bits per heavy atom. The van der Waals surface area contributed by atoms with Crippen LogP contribution < -0.4 is 5.73 Å². The molecule has 82 valence electrons. The molecule has 1 saturated heterocycles. The second-order valence-corrected chi connectivity index (χ2v) is 3.79. The minimum Gasteiger partial charge on any atom is -0.372 e. The lowest BCUT2D eigenvalue weighted by molar-refractivity contribution is -0.137. The molecule has 0 saturated carbocycles. The molecule has 2 N–H and O–H groups in total. The lowest BCUT2D eigenvalue weighted by atomic mass is 10.1. The topological polar surface area (TPSA) is 55.6 Å². The van der Waals surface area contributed by atoms with Gasteiger partial charge in [-0.05, 0) is 19.3 Å². The maximum Gasteiger partial charge on any atom is 0.248 e. The second kappa shape index (κ2) is 5.98. The first kappa shape index (κ1) is 11.5. The maximum atomic E-state index is 11.6. The van der Waals surface area contributed by atoms with Gasteiger partial charge in [0, 0.05) is 25.7 Å². The van der Waals surface area contributed by atoms with E-state index < -0.39 is 0 Å². The lowest BCUT2D eigenvalue weighted by Crippen LogP contribution is -2.46. The first-order chi connectivity index (χ1) is 6.74. The van der Waals surface area contributed by atoms with Gasteiger partial charge in [0.2, 0.25) is 5.91 Å². The van der Waals surface area contributed by atoms with E-state index in [1.807, 2.05) is 11.8 Å². The lowest BCUT2D eigenvalue weighted by Gasteiger charge is -2.30. The van der Waals surface area contributed by atoms with Gasteiger partial charge in [0.25, 0.3) is 0 Å². The predicted molar refractivity (Wildman–Crippen MR) is 54.9 cm³/mol. The number of piperidine rings is 1. The Morgan fingerprint density at radius 2 is 2.43 bits per heavy atom. The minimum atomic E-state index is 0.0774. The van der Waals surface area contributed by atoms with Crippen LogP contribution in [0.5, 0.6) is 0 Å². The average molecular weight is 200 g/mol. The van der Waals surface area contributed by atoms with Gasteiger partial charge in [-0.15, -0.1) is 0 Å². The molecule has 4 heteroatoms. The van der Waals surface area contributed by atoms with Crippen LogP contribution in [0.4, 0.5) is 0 Å². The van der Waals surface area contributed by atoms with Crippen molar-refractivity contribution in [3.63, 3.8) is 0 Å². The molecule has 1 amide bonds. The van der Waals surface area contributed by atoms with Crippen LogP contribution in [0.3, 0.4) is 0 Å². The van der Waals surface area contributed by atoms with Crippen molar-refractivity contribution in [2.45, 2.75) is 32.2 Å². The minimum absolute atomic E-state index is 0.0774. The fourth-order valence-corrected chi connectivity index (χ4v) is 1.63. The molecule has 1 atom stereocenters. The molecule has 0 aromatic rings. The van der Waals surface area contributed by atoms with E-state index in [1.165, 1.54) is 0 Å². The number of carbonyl (C=O) groups is 1. The van der Waals surface area contributed by atoms with Gasteiger partial charge in [-0.3, -0.25) is 4.79 Å². The number of nitrogens with two attached hydrogens (primary N) is 1. The summed E-state index contributed by atoms with van der Waals surface area (Å²) in [5.74, 6) is 0.0774. The van der Waals surface area contributed by atoms with E-state index in [4.69, 9.17) is 10.5 Å². The SMILES string of the molecule is CCCOCC(=O)N1CCC[C@@H](N)C1. The van der Waals surface area contributed by atoms with E-state index in [-0.39, 0.29) is 18.6 Å². The van der Waals surface area contributed by atoms with Crippen molar-refractivity contribution >= 4 is 5.91 Å². The Bertz CT molecular complexity index is 185. The third-order valence-corrected chi connectivity index (χ3v) is 2.38. The highest BCUT2D eigenvalue weighted by Crippen LogP contribution is 2.08. The fourth-order valence-electron chi connectivity index (χ4n) is 1.63. The van der Waals surface area contributed by atoms with Crippen molar-refractivity contribution in [3.8, 4) is 0 Å². The summed E-state index contributed by atoms with van der Waals surface area (Å²) in [7, 11) is 0. The van der Waals surface area contributed by atoms with Crippen molar-refractivity contribution in [2.24, 2.45) is 5.73 Å². The van der Waals surface area contributed by atoms with E-state index in [1.54, 1.807) is 0 Å². The van der Waals surface area contributed by atoms with Crippen molar-refractivity contribution < 1.29 is 9.53 Å². The van der Waals surface area contributed by atoms with Crippen LogP contribution in [0.1, 0.15) is 26.2 Å². The van der Waals surface area contributed by atoms with Crippen LogP contribution in [0.2, 0.25) is 0 Å². The fraction of sp³-hybridized carbons (Fsp3) is 0.900. The molecule has 0 bridgehead atoms. The Kier molecular flexibility index (Phi) is 4.90. The second-order valence-electron chi connectivity index (χ2n) is 3.79. The molecule has 1 fully saturated rings. The zero-order chi connectivity index (χ0) is 10.4. The molecular weight excluding hydrogens is 180 g/mol. The van der Waals surface area contributed by atoms with E-state index in [0.717, 1.165) is 25.8 Å². The quantitative estimate of drug-likeness (QED) is 0.667. The summed E-state index contributed by atoms with van der Waals surface area (Å²) >= 11 is 0. The van der Waals surface area contributed by atoms with Gasteiger partial charge in [-0.1, -0.05) is 6.92 Å². The van der Waals surface area contributed by atoms with E-state index >= 15 is 0 Å². The van der Waals surface area contributed by atoms with E-state index in [0.29, 0.717) is 13.2 Å². The molecule has 1 aliphatic heterocycles. The molecule has 0 aromatic heterocycles. The Labute approximate surface area is 85.4 Å². The summed E-state index contributed by atoms with van der Waals surface area (Å²) in [6, 6.07) is 0.152. The molecular formula is C10H20N2O2. The van der Waals surface area contributed by atoms with Crippen LogP contribution >= 0.6 is 0 Å². The highest BCUT2D eigenvalue weighted by atomic mass is 16.5. The van der Waals surface area contributed by atoms with Gasteiger partial charge in [-0.25, -0.2) is 0 Å². The number of hydrogen-bond donors (Lipinski definition) is 1. The third kappa shape index (κ3) is 3.64. The van der Waals surface area contributed by atoms with Crippen molar-refractivity contribution in [3.05, 3.63) is 0 Å². The number of ether oxygens (including phenoxy) is 1. The summed E-state index contributed by atoms with van der Waals surface area (Å²) < 4.78 is 5.20. The highest BCUT2D eigenvalue weighted by Gasteiger charge is 2.20. The first-order valence-electron chi connectivity index (χ1n) is 5.35. The molecule has 0 spiro atoms. The van der Waals surface area contributed by atoms with Gasteiger partial charge in [-0.2, -0.15) is 0 Å². The summed E-state index contributed by atoms with van der Waals surface area (Å²) in [5.41, 5.74) is 5.78. The number of nitrogens with zero attached hydrogens (tertiary/aromatic N) is 1. The van der Waals surface area contributed by atoms with E-state index in [2.05, 4.69) is 0 Å². The van der Waals surface area contributed by atoms with Crippen LogP contribution in [0.25, 0.3) is 0 Å². The zero-order valence-corrected chi connectivity index (χ0v) is 8.87. The highest BCUT2D eigenvalue weighted by molar-refractivity contribution is 5.77. The molecule has 1 heterocycles. The van der Waals surface area contributed by atoms with Gasteiger partial charge in [0.1, 0.15) is 6.61 Å². The molecule has 0 radical (unpaired) electrons. The Hall–Kier alpha value is -0.610. The average Bonchev–Trinajstić information content (AvgIpc) is 2.18. The number of carbonyl (C=O) groups excluding carboxylic acids is 1. The Morgan fingerprint density at radius 3 is 3.07 bits per heavy atom. The number of likely N-dealkylation sites (tertiary alicyclic amines) is 1. The standard InChI is InChI=1S/C10H20N2O2/c1-2-6-14-8-10(13)12-5-3-4-9(11)7-12/h9H,2-8,11H2,1H3/t9-/m1/s1. The number of rotatable bonds is 4. The van der Waals surface area contributed by atoms with Gasteiger partial charge in [0.15, 0.2) is 0 Å². The normalized spacial score (nSPS) is 22.4. The van der Waals surface area contributed by atoms with Gasteiger partial charge >= 0.3 is 0 Å². The summed E-state index contributed by atoms with van der Waals surface area (Å²) in [4.78, 5) is 13.4. The molecule has 0 aliphatic carbocycles. The zero-order valence-electron chi connectivity index (χ0n) is 8.87. The summed E-state index contributed by atoms with van der Waals surface area (Å²) in [6.07, 6.45) is 2.99. The van der Waals surface area contributed by atoms with Gasteiger partial charge in [0.05, 0.1) is 0 Å². The first-order valence-corrected chi connectivity index (χ1v) is 5.35. The molecule has 14 heavy (non-hydrogen) atoms. The molecule has 1 aliphatic rings. The van der Waals surface area contributed by atoms with Crippen LogP contribution in [0.15, 0.2) is 0 Å². The summed E-state index contributed by atoms with van der Waals surface area (Å²) in [5, 5.41) is 0. The van der Waals surface area contributed by atoms with Gasteiger partial charge < -0.3 is 15.4 Å². The van der Waals surface area contributed by atoms with Crippen molar-refractivity contribution in [2.75, 3.05) is 26.3 Å². The molecule has 0 aromatic carbocycles. The van der Waals surface area contributed by atoms with Crippen LogP contribution in [-0.4, -0.2) is 43.2 Å². The smallest absolute Gasteiger partial charge is 0.248 e. The van der Waals surface area contributed by atoms with Crippen LogP contribution in [-0.2, 0) is 9.53 Å². The van der Waals surface area contributed by atoms with Crippen molar-refractivity contribution in [1.29, 1.82) is 0 Å². The summed E-state index contributed by atoms with van der Waals surface area (Å²) in [6.45, 7) is 4.42. The third-order valence-electron chi connectivity index (χ3n) is 2.38. The number of hydrogen-bond acceptors (Lipinski definition) is 3. The monoisotopic (exact) mass is 200 g/mol. The predicted octanol–water partition coefficient (Wildman–Crippen LogP) is 0.363. The van der Waals surface area contributed by atoms with E-state index in [9.17, 15) is 4.79 Å². The maximum absolute atomic E-state index is 11.6. The number of amides is 1. The van der Waals surface area contributed by atoms with Crippen molar-refractivity contribution in [1.82, 2.24) is 4.90 Å². The molecule has 1 rings (SSSR count). The Balaban J connectivity index is 2.22. The molecule has 4 nitrogen and oxygen atoms in total. The van der Waals surface area contributed by atoms with Crippen LogP contribution in [0, 0.1) is 0 Å². The largest absolute Gasteiger partial charge is 0.372 e.